The number of benzene rings is 1. The van der Waals surface area contributed by atoms with Crippen molar-refractivity contribution in [2.75, 3.05) is 0 Å². The number of imidazole rings is 1. The van der Waals surface area contributed by atoms with Crippen LogP contribution < -0.4 is 0 Å². The summed E-state index contributed by atoms with van der Waals surface area (Å²) in [6.07, 6.45) is 4.44. The Balaban J connectivity index is 2.72. The molecule has 2 N–H and O–H groups in total. The first kappa shape index (κ1) is 10.9. The van der Waals surface area contributed by atoms with E-state index in [4.69, 9.17) is 10.2 Å². The van der Waals surface area contributed by atoms with E-state index in [1.807, 2.05) is 0 Å². The number of rotatable bonds is 3. The van der Waals surface area contributed by atoms with Crippen LogP contribution in [-0.4, -0.2) is 31.7 Å². The number of carboxylic acid groups (broad SMARTS) is 2. The molecular weight excluding hydrogens is 224 g/mol. The predicted molar refractivity (Wildman–Crippen MR) is 57.5 cm³/mol. The highest BCUT2D eigenvalue weighted by atomic mass is 16.4. The van der Waals surface area contributed by atoms with E-state index in [0.29, 0.717) is 0 Å². The van der Waals surface area contributed by atoms with Crippen molar-refractivity contribution >= 4 is 11.9 Å². The van der Waals surface area contributed by atoms with Gasteiger partial charge in [0.15, 0.2) is 0 Å². The largest absolute Gasteiger partial charge is 0.478 e. The lowest BCUT2D eigenvalue weighted by Gasteiger charge is -2.09. The summed E-state index contributed by atoms with van der Waals surface area (Å²) < 4.78 is 1.45. The summed E-state index contributed by atoms with van der Waals surface area (Å²) in [4.78, 5) is 25.9. The molecule has 2 aromatic rings. The number of carbonyl (C=O) groups is 2. The van der Waals surface area contributed by atoms with Gasteiger partial charge in [-0.15, -0.1) is 0 Å². The zero-order valence-electron chi connectivity index (χ0n) is 8.57. The van der Waals surface area contributed by atoms with Gasteiger partial charge in [-0.25, -0.2) is 14.6 Å². The summed E-state index contributed by atoms with van der Waals surface area (Å²) in [6, 6.07) is 4.27. The molecule has 0 amide bonds. The van der Waals surface area contributed by atoms with Crippen LogP contribution >= 0.6 is 0 Å². The quantitative estimate of drug-likeness (QED) is 0.831. The molecule has 0 spiro atoms. The van der Waals surface area contributed by atoms with Gasteiger partial charge in [0.25, 0.3) is 0 Å². The van der Waals surface area contributed by atoms with Crippen molar-refractivity contribution in [3.05, 3.63) is 48.0 Å². The van der Waals surface area contributed by atoms with E-state index in [9.17, 15) is 9.59 Å². The van der Waals surface area contributed by atoms with Crippen molar-refractivity contribution in [3.63, 3.8) is 0 Å². The van der Waals surface area contributed by atoms with Crippen LogP contribution in [0.1, 0.15) is 20.7 Å². The third-order valence-electron chi connectivity index (χ3n) is 2.27. The van der Waals surface area contributed by atoms with Crippen LogP contribution in [0.25, 0.3) is 5.69 Å². The molecule has 6 nitrogen and oxygen atoms in total. The number of hydrogen-bond acceptors (Lipinski definition) is 3. The minimum Gasteiger partial charge on any atom is -0.478 e. The van der Waals surface area contributed by atoms with E-state index in [2.05, 4.69) is 4.98 Å². The second-order valence-corrected chi connectivity index (χ2v) is 3.28. The zero-order valence-corrected chi connectivity index (χ0v) is 8.57. The third-order valence-corrected chi connectivity index (χ3v) is 2.27. The molecule has 1 aromatic heterocycles. The first-order valence-electron chi connectivity index (χ1n) is 4.69. The molecule has 0 aliphatic heterocycles. The smallest absolute Gasteiger partial charge is 0.338 e. The summed E-state index contributed by atoms with van der Waals surface area (Å²) in [5.41, 5.74) is -0.225. The molecule has 0 fully saturated rings. The maximum atomic E-state index is 11.1. The van der Waals surface area contributed by atoms with Crippen LogP contribution in [0.3, 0.4) is 0 Å². The van der Waals surface area contributed by atoms with Gasteiger partial charge in [-0.05, 0) is 12.1 Å². The molecule has 0 saturated carbocycles. The van der Waals surface area contributed by atoms with Gasteiger partial charge >= 0.3 is 11.9 Å². The van der Waals surface area contributed by atoms with E-state index in [0.717, 1.165) is 0 Å². The molecule has 6 heteroatoms. The molecule has 0 aliphatic carbocycles. The number of carboxylic acids is 2. The van der Waals surface area contributed by atoms with Crippen LogP contribution in [0, 0.1) is 0 Å². The highest BCUT2D eigenvalue weighted by Crippen LogP contribution is 2.19. The molecule has 0 unspecified atom stereocenters. The Hall–Kier alpha value is -2.63. The first-order valence-corrected chi connectivity index (χ1v) is 4.69. The summed E-state index contributed by atoms with van der Waals surface area (Å²) in [7, 11) is 0. The number of aromatic carboxylic acids is 2. The summed E-state index contributed by atoms with van der Waals surface area (Å²) >= 11 is 0. The van der Waals surface area contributed by atoms with Crippen molar-refractivity contribution in [1.82, 2.24) is 9.55 Å². The Kier molecular flexibility index (Phi) is 2.61. The lowest BCUT2D eigenvalue weighted by Crippen LogP contribution is -2.12. The Morgan fingerprint density at radius 1 is 1.18 bits per heavy atom. The Labute approximate surface area is 95.8 Å². The predicted octanol–water partition coefficient (Wildman–Crippen LogP) is 1.27. The van der Waals surface area contributed by atoms with Crippen LogP contribution in [0.2, 0.25) is 0 Å². The lowest BCUT2D eigenvalue weighted by atomic mass is 10.1. The van der Waals surface area contributed by atoms with Gasteiger partial charge in [0.2, 0.25) is 0 Å². The SMILES string of the molecule is O=C(O)c1cccc(-n2ccnc2)c1C(=O)O. The third kappa shape index (κ3) is 1.87. The lowest BCUT2D eigenvalue weighted by molar-refractivity contribution is 0.0651. The van der Waals surface area contributed by atoms with Crippen LogP contribution in [0.4, 0.5) is 0 Å². The highest BCUT2D eigenvalue weighted by molar-refractivity contribution is 6.04. The van der Waals surface area contributed by atoms with E-state index in [1.54, 1.807) is 6.20 Å². The normalized spacial score (nSPS) is 10.1. The van der Waals surface area contributed by atoms with Gasteiger partial charge in [0, 0.05) is 12.4 Å². The monoisotopic (exact) mass is 232 g/mol. The number of nitrogens with zero attached hydrogens (tertiary/aromatic N) is 2. The van der Waals surface area contributed by atoms with E-state index in [-0.39, 0.29) is 16.8 Å². The molecule has 0 saturated heterocycles. The average Bonchev–Trinajstić information content (AvgIpc) is 2.81. The molecule has 0 atom stereocenters. The molecule has 0 aliphatic rings. The molecule has 0 radical (unpaired) electrons. The van der Waals surface area contributed by atoms with Gasteiger partial charge in [0.1, 0.15) is 0 Å². The van der Waals surface area contributed by atoms with Crippen molar-refractivity contribution < 1.29 is 19.8 Å². The molecule has 1 heterocycles. The van der Waals surface area contributed by atoms with Crippen LogP contribution in [-0.2, 0) is 0 Å². The molecule has 0 bridgehead atoms. The summed E-state index contributed by atoms with van der Waals surface area (Å²) in [5, 5.41) is 18.0. The van der Waals surface area contributed by atoms with Gasteiger partial charge in [0.05, 0.1) is 23.1 Å². The van der Waals surface area contributed by atoms with Crippen molar-refractivity contribution in [2.24, 2.45) is 0 Å². The molecular formula is C11H8N2O4. The van der Waals surface area contributed by atoms with Gasteiger partial charge in [-0.3, -0.25) is 0 Å². The molecule has 86 valence electrons. The maximum absolute atomic E-state index is 11.1. The van der Waals surface area contributed by atoms with Crippen molar-refractivity contribution in [3.8, 4) is 5.69 Å². The molecule has 17 heavy (non-hydrogen) atoms. The summed E-state index contributed by atoms with van der Waals surface area (Å²) in [5.74, 6) is -2.56. The van der Waals surface area contributed by atoms with Crippen molar-refractivity contribution in [1.29, 1.82) is 0 Å². The zero-order chi connectivity index (χ0) is 12.4. The highest BCUT2D eigenvalue weighted by Gasteiger charge is 2.20. The van der Waals surface area contributed by atoms with Crippen molar-refractivity contribution in [2.45, 2.75) is 0 Å². The van der Waals surface area contributed by atoms with E-state index >= 15 is 0 Å². The topological polar surface area (TPSA) is 92.4 Å². The average molecular weight is 232 g/mol. The number of aromatic nitrogens is 2. The maximum Gasteiger partial charge on any atom is 0.338 e. The second kappa shape index (κ2) is 4.09. The fourth-order valence-corrected chi connectivity index (χ4v) is 1.56. The fourth-order valence-electron chi connectivity index (χ4n) is 1.56. The Morgan fingerprint density at radius 3 is 2.47 bits per heavy atom. The second-order valence-electron chi connectivity index (χ2n) is 3.28. The molecule has 1 aromatic carbocycles. The molecule has 2 rings (SSSR count). The Bertz CT molecular complexity index is 575. The van der Waals surface area contributed by atoms with Crippen LogP contribution in [0.5, 0.6) is 0 Å². The number of hydrogen-bond donors (Lipinski definition) is 2. The Morgan fingerprint density at radius 2 is 1.94 bits per heavy atom. The fraction of sp³-hybridized carbons (Fsp3) is 0. The van der Waals surface area contributed by atoms with Gasteiger partial charge in [-0.2, -0.15) is 0 Å². The van der Waals surface area contributed by atoms with Crippen LogP contribution in [0.15, 0.2) is 36.9 Å². The standard InChI is InChI=1S/C11H8N2O4/c14-10(15)7-2-1-3-8(9(7)11(16)17)13-5-4-12-6-13/h1-6H,(H,14,15)(H,16,17). The van der Waals surface area contributed by atoms with E-state index in [1.165, 1.54) is 35.3 Å². The minimum atomic E-state index is -1.29. The minimum absolute atomic E-state index is 0.247. The van der Waals surface area contributed by atoms with Gasteiger partial charge in [-0.1, -0.05) is 6.07 Å². The first-order chi connectivity index (χ1) is 8.11. The van der Waals surface area contributed by atoms with E-state index < -0.39 is 11.9 Å². The van der Waals surface area contributed by atoms with Gasteiger partial charge < -0.3 is 14.8 Å². The summed E-state index contributed by atoms with van der Waals surface area (Å²) in [6.45, 7) is 0.